The Balaban J connectivity index is 2.49. The monoisotopic (exact) mass is 276 g/mol. The zero-order valence-electron chi connectivity index (χ0n) is 11.6. The maximum Gasteiger partial charge on any atom is 0.336 e. The number of ether oxygens (including phenoxy) is 1. The SMILES string of the molecule is COCCc1nnc(-c2c(C)ccc(C)c2C(=O)O)o1. The van der Waals surface area contributed by atoms with Gasteiger partial charge in [0.1, 0.15) is 0 Å². The van der Waals surface area contributed by atoms with Crippen molar-refractivity contribution in [3.05, 3.63) is 34.7 Å². The van der Waals surface area contributed by atoms with Gasteiger partial charge in [0.2, 0.25) is 11.8 Å². The number of hydrogen-bond donors (Lipinski definition) is 1. The lowest BCUT2D eigenvalue weighted by atomic mass is 9.97. The van der Waals surface area contributed by atoms with Gasteiger partial charge in [-0.1, -0.05) is 12.1 Å². The Hall–Kier alpha value is -2.21. The quantitative estimate of drug-likeness (QED) is 0.901. The Morgan fingerprint density at radius 1 is 1.30 bits per heavy atom. The van der Waals surface area contributed by atoms with Crippen LogP contribution in [0.2, 0.25) is 0 Å². The van der Waals surface area contributed by atoms with E-state index in [9.17, 15) is 9.90 Å². The Morgan fingerprint density at radius 3 is 2.65 bits per heavy atom. The molecular weight excluding hydrogens is 260 g/mol. The highest BCUT2D eigenvalue weighted by molar-refractivity contribution is 5.97. The summed E-state index contributed by atoms with van der Waals surface area (Å²) >= 11 is 0. The highest BCUT2D eigenvalue weighted by Gasteiger charge is 2.21. The Labute approximate surface area is 116 Å². The van der Waals surface area contributed by atoms with Gasteiger partial charge in [0.25, 0.3) is 0 Å². The number of aromatic nitrogens is 2. The fourth-order valence-electron chi connectivity index (χ4n) is 2.01. The predicted octanol–water partition coefficient (Wildman–Crippen LogP) is 2.24. The fraction of sp³-hybridized carbons (Fsp3) is 0.357. The molecule has 1 aromatic heterocycles. The van der Waals surface area contributed by atoms with Gasteiger partial charge in [0.15, 0.2) is 0 Å². The molecule has 106 valence electrons. The van der Waals surface area contributed by atoms with E-state index in [2.05, 4.69) is 10.2 Å². The number of carbonyl (C=O) groups is 1. The van der Waals surface area contributed by atoms with Crippen molar-refractivity contribution in [2.24, 2.45) is 0 Å². The van der Waals surface area contributed by atoms with Crippen LogP contribution in [0.25, 0.3) is 11.5 Å². The van der Waals surface area contributed by atoms with E-state index in [4.69, 9.17) is 9.15 Å². The van der Waals surface area contributed by atoms with Crippen molar-refractivity contribution >= 4 is 5.97 Å². The van der Waals surface area contributed by atoms with Crippen molar-refractivity contribution in [1.29, 1.82) is 0 Å². The topological polar surface area (TPSA) is 85.5 Å². The van der Waals surface area contributed by atoms with Gasteiger partial charge in [-0.2, -0.15) is 0 Å². The second-order valence-electron chi connectivity index (χ2n) is 4.50. The number of aryl methyl sites for hydroxylation is 2. The van der Waals surface area contributed by atoms with Crippen LogP contribution in [0.1, 0.15) is 27.4 Å². The number of aromatic carboxylic acids is 1. The molecule has 2 rings (SSSR count). The molecule has 1 heterocycles. The van der Waals surface area contributed by atoms with Gasteiger partial charge in [0, 0.05) is 13.5 Å². The van der Waals surface area contributed by atoms with Gasteiger partial charge in [-0.15, -0.1) is 10.2 Å². The van der Waals surface area contributed by atoms with Crippen LogP contribution in [0.4, 0.5) is 0 Å². The molecule has 0 radical (unpaired) electrons. The molecule has 0 aliphatic rings. The lowest BCUT2D eigenvalue weighted by molar-refractivity contribution is 0.0696. The van der Waals surface area contributed by atoms with Gasteiger partial charge in [0.05, 0.1) is 17.7 Å². The molecule has 20 heavy (non-hydrogen) atoms. The fourth-order valence-corrected chi connectivity index (χ4v) is 2.01. The first-order valence-corrected chi connectivity index (χ1v) is 6.19. The summed E-state index contributed by atoms with van der Waals surface area (Å²) in [7, 11) is 1.59. The largest absolute Gasteiger partial charge is 0.478 e. The van der Waals surface area contributed by atoms with Crippen LogP contribution in [0.15, 0.2) is 16.5 Å². The van der Waals surface area contributed by atoms with Crippen LogP contribution in [0, 0.1) is 13.8 Å². The number of carboxylic acid groups (broad SMARTS) is 1. The first kappa shape index (κ1) is 14.2. The summed E-state index contributed by atoms with van der Waals surface area (Å²) in [5.41, 5.74) is 2.13. The molecule has 1 aromatic carbocycles. The first-order chi connectivity index (χ1) is 9.54. The second kappa shape index (κ2) is 5.83. The van der Waals surface area contributed by atoms with E-state index in [1.165, 1.54) is 0 Å². The highest BCUT2D eigenvalue weighted by atomic mass is 16.5. The van der Waals surface area contributed by atoms with Gasteiger partial charge in [-0.25, -0.2) is 4.79 Å². The van der Waals surface area contributed by atoms with E-state index in [1.807, 2.05) is 13.0 Å². The zero-order valence-corrected chi connectivity index (χ0v) is 11.6. The molecule has 0 amide bonds. The number of nitrogens with zero attached hydrogens (tertiary/aromatic N) is 2. The van der Waals surface area contributed by atoms with E-state index >= 15 is 0 Å². The molecule has 0 saturated carbocycles. The third-order valence-electron chi connectivity index (χ3n) is 3.04. The summed E-state index contributed by atoms with van der Waals surface area (Å²) in [6.45, 7) is 4.04. The summed E-state index contributed by atoms with van der Waals surface area (Å²) in [6.07, 6.45) is 0.497. The molecule has 0 saturated heterocycles. The maximum atomic E-state index is 11.4. The minimum Gasteiger partial charge on any atom is -0.478 e. The smallest absolute Gasteiger partial charge is 0.336 e. The Kier molecular flexibility index (Phi) is 4.14. The molecule has 1 N–H and O–H groups in total. The molecule has 0 fully saturated rings. The van der Waals surface area contributed by atoms with Crippen LogP contribution in [-0.2, 0) is 11.2 Å². The molecule has 0 atom stereocenters. The van der Waals surface area contributed by atoms with Crippen molar-refractivity contribution in [3.63, 3.8) is 0 Å². The minimum atomic E-state index is -1.00. The highest BCUT2D eigenvalue weighted by Crippen LogP contribution is 2.29. The molecule has 0 aliphatic heterocycles. The average molecular weight is 276 g/mol. The molecule has 0 aliphatic carbocycles. The molecule has 0 bridgehead atoms. The van der Waals surface area contributed by atoms with Crippen LogP contribution < -0.4 is 0 Å². The minimum absolute atomic E-state index is 0.201. The van der Waals surface area contributed by atoms with E-state index in [0.717, 1.165) is 5.56 Å². The summed E-state index contributed by atoms with van der Waals surface area (Å²) < 4.78 is 10.5. The lowest BCUT2D eigenvalue weighted by Crippen LogP contribution is -2.04. The molecule has 2 aromatic rings. The molecule has 6 nitrogen and oxygen atoms in total. The van der Waals surface area contributed by atoms with Gasteiger partial charge >= 0.3 is 5.97 Å². The summed E-state index contributed by atoms with van der Waals surface area (Å²) in [4.78, 5) is 11.4. The number of rotatable bonds is 5. The number of hydrogen-bond acceptors (Lipinski definition) is 5. The van der Waals surface area contributed by atoms with Crippen molar-refractivity contribution in [1.82, 2.24) is 10.2 Å². The van der Waals surface area contributed by atoms with E-state index in [0.29, 0.717) is 30.0 Å². The predicted molar refractivity (Wildman–Crippen MR) is 71.7 cm³/mol. The summed E-state index contributed by atoms with van der Waals surface area (Å²) in [5.74, 6) is -0.341. The molecule has 0 unspecified atom stereocenters. The Bertz CT molecular complexity index is 634. The lowest BCUT2D eigenvalue weighted by Gasteiger charge is -2.08. The summed E-state index contributed by atoms with van der Waals surface area (Å²) in [5, 5.41) is 17.2. The normalized spacial score (nSPS) is 10.8. The number of benzene rings is 1. The van der Waals surface area contributed by atoms with E-state index < -0.39 is 5.97 Å². The van der Waals surface area contributed by atoms with Gasteiger partial charge in [-0.3, -0.25) is 0 Å². The van der Waals surface area contributed by atoms with Gasteiger partial charge in [-0.05, 0) is 25.0 Å². The van der Waals surface area contributed by atoms with Crippen LogP contribution in [-0.4, -0.2) is 35.0 Å². The third kappa shape index (κ3) is 2.70. The average Bonchev–Trinajstić information content (AvgIpc) is 2.86. The van der Waals surface area contributed by atoms with E-state index in [-0.39, 0.29) is 11.5 Å². The number of methoxy groups -OCH3 is 1. The molecule has 0 spiro atoms. The standard InChI is InChI=1S/C14H16N2O4/c1-8-4-5-9(2)12(14(17)18)11(8)13-16-15-10(20-13)6-7-19-3/h4-5H,6-7H2,1-3H3,(H,17,18). The van der Waals surface area contributed by atoms with Crippen LogP contribution in [0.3, 0.4) is 0 Å². The Morgan fingerprint density at radius 2 is 2.00 bits per heavy atom. The maximum absolute atomic E-state index is 11.4. The van der Waals surface area contributed by atoms with Crippen molar-refractivity contribution in [3.8, 4) is 11.5 Å². The van der Waals surface area contributed by atoms with Crippen molar-refractivity contribution < 1.29 is 19.1 Å². The van der Waals surface area contributed by atoms with E-state index in [1.54, 1.807) is 20.1 Å². The van der Waals surface area contributed by atoms with Crippen molar-refractivity contribution in [2.75, 3.05) is 13.7 Å². The number of carboxylic acids is 1. The third-order valence-corrected chi connectivity index (χ3v) is 3.04. The first-order valence-electron chi connectivity index (χ1n) is 6.19. The van der Waals surface area contributed by atoms with Gasteiger partial charge < -0.3 is 14.3 Å². The summed E-state index contributed by atoms with van der Waals surface area (Å²) in [6, 6.07) is 3.61. The second-order valence-corrected chi connectivity index (χ2v) is 4.50. The molecular formula is C14H16N2O4. The molecule has 6 heteroatoms. The van der Waals surface area contributed by atoms with Crippen LogP contribution in [0.5, 0.6) is 0 Å². The van der Waals surface area contributed by atoms with Crippen LogP contribution >= 0.6 is 0 Å². The zero-order chi connectivity index (χ0) is 14.7. The van der Waals surface area contributed by atoms with Crippen molar-refractivity contribution in [2.45, 2.75) is 20.3 Å².